The highest BCUT2D eigenvalue weighted by Crippen LogP contribution is 2.25. The number of rotatable bonds is 1. The van der Waals surface area contributed by atoms with Crippen LogP contribution in [0.1, 0.15) is 0 Å². The lowest BCUT2D eigenvalue weighted by molar-refractivity contribution is 1.31. The molecule has 0 spiro atoms. The molecule has 0 aliphatic rings. The van der Waals surface area contributed by atoms with Crippen LogP contribution >= 0.6 is 0 Å². The van der Waals surface area contributed by atoms with Crippen molar-refractivity contribution in [3.63, 3.8) is 0 Å². The minimum atomic E-state index is -0.117. The molecular formula is C10H11N3O. The highest BCUT2D eigenvalue weighted by molar-refractivity contribution is 5.96. The molecule has 0 aliphatic carbocycles. The zero-order valence-electron chi connectivity index (χ0n) is 7.79. The Balaban J connectivity index is 2.84. The maximum Gasteiger partial charge on any atom is 0.248 e. The van der Waals surface area contributed by atoms with Gasteiger partial charge in [-0.3, -0.25) is 4.79 Å². The van der Waals surface area contributed by atoms with Crippen LogP contribution in [0.25, 0.3) is 10.9 Å². The molecule has 4 N–H and O–H groups in total. The van der Waals surface area contributed by atoms with Gasteiger partial charge in [-0.25, -0.2) is 0 Å². The minimum absolute atomic E-state index is 0.117. The molecule has 4 nitrogen and oxygen atoms in total. The minimum Gasteiger partial charge on any atom is -0.397 e. The number of nitrogen functional groups attached to an aromatic ring is 1. The van der Waals surface area contributed by atoms with Crippen molar-refractivity contribution in [2.45, 2.75) is 0 Å². The van der Waals surface area contributed by atoms with Gasteiger partial charge in [0.15, 0.2) is 0 Å². The lowest BCUT2D eigenvalue weighted by Gasteiger charge is -2.07. The molecule has 0 bridgehead atoms. The van der Waals surface area contributed by atoms with Crippen molar-refractivity contribution in [2.24, 2.45) is 0 Å². The van der Waals surface area contributed by atoms with Crippen molar-refractivity contribution in [3.05, 3.63) is 34.6 Å². The van der Waals surface area contributed by atoms with Crippen LogP contribution < -0.4 is 16.6 Å². The van der Waals surface area contributed by atoms with Crippen molar-refractivity contribution < 1.29 is 0 Å². The van der Waals surface area contributed by atoms with E-state index < -0.39 is 0 Å². The summed E-state index contributed by atoms with van der Waals surface area (Å²) in [5.74, 6) is 0. The summed E-state index contributed by atoms with van der Waals surface area (Å²) >= 11 is 0. The molecule has 1 aromatic carbocycles. The summed E-state index contributed by atoms with van der Waals surface area (Å²) in [7, 11) is 1.81. The van der Waals surface area contributed by atoms with Gasteiger partial charge in [0.2, 0.25) is 5.56 Å². The van der Waals surface area contributed by atoms with Gasteiger partial charge in [0.25, 0.3) is 0 Å². The number of aromatic nitrogens is 1. The van der Waals surface area contributed by atoms with E-state index in [9.17, 15) is 4.79 Å². The van der Waals surface area contributed by atoms with Crippen LogP contribution in [0.15, 0.2) is 29.1 Å². The van der Waals surface area contributed by atoms with Crippen molar-refractivity contribution >= 4 is 22.3 Å². The Kier molecular flexibility index (Phi) is 1.89. The Morgan fingerprint density at radius 2 is 2.07 bits per heavy atom. The van der Waals surface area contributed by atoms with Gasteiger partial charge in [-0.2, -0.15) is 0 Å². The second kappa shape index (κ2) is 3.06. The topological polar surface area (TPSA) is 70.9 Å². The molecule has 4 heteroatoms. The number of anilines is 2. The molecule has 0 amide bonds. The molecule has 72 valence electrons. The summed E-state index contributed by atoms with van der Waals surface area (Å²) in [6.07, 6.45) is 0. The number of fused-ring (bicyclic) bond motifs is 1. The van der Waals surface area contributed by atoms with Crippen molar-refractivity contribution in [2.75, 3.05) is 18.1 Å². The van der Waals surface area contributed by atoms with Crippen LogP contribution in [-0.2, 0) is 0 Å². The van der Waals surface area contributed by atoms with E-state index in [-0.39, 0.29) is 5.56 Å². The van der Waals surface area contributed by atoms with E-state index in [1.54, 1.807) is 6.07 Å². The summed E-state index contributed by atoms with van der Waals surface area (Å²) < 4.78 is 0. The number of nitrogens with two attached hydrogens (primary N) is 1. The first-order valence-corrected chi connectivity index (χ1v) is 4.31. The highest BCUT2D eigenvalue weighted by atomic mass is 16.1. The lowest BCUT2D eigenvalue weighted by atomic mass is 10.1. The Morgan fingerprint density at radius 3 is 2.79 bits per heavy atom. The first kappa shape index (κ1) is 8.62. The molecule has 0 aliphatic heterocycles. The zero-order chi connectivity index (χ0) is 10.1. The summed E-state index contributed by atoms with van der Waals surface area (Å²) in [4.78, 5) is 13.8. The van der Waals surface area contributed by atoms with Crippen molar-refractivity contribution in [1.29, 1.82) is 0 Å². The molecule has 0 radical (unpaired) electrons. The molecule has 0 saturated heterocycles. The smallest absolute Gasteiger partial charge is 0.248 e. The second-order valence-electron chi connectivity index (χ2n) is 3.06. The molecular weight excluding hydrogens is 178 g/mol. The standard InChI is InChI=1S/C10H11N3O/c1-12-8-4-3-7-6(10(8)11)2-5-9(14)13-7/h2-5,12H,11H2,1H3,(H,13,14). The summed E-state index contributed by atoms with van der Waals surface area (Å²) in [6, 6.07) is 6.87. The third-order valence-corrected chi connectivity index (χ3v) is 2.22. The van der Waals surface area contributed by atoms with E-state index in [0.29, 0.717) is 5.69 Å². The van der Waals surface area contributed by atoms with Crippen LogP contribution in [0.2, 0.25) is 0 Å². The van der Waals surface area contributed by atoms with Gasteiger partial charge in [0.05, 0.1) is 16.9 Å². The van der Waals surface area contributed by atoms with Gasteiger partial charge >= 0.3 is 0 Å². The van der Waals surface area contributed by atoms with Crippen LogP contribution in [0.3, 0.4) is 0 Å². The molecule has 0 unspecified atom stereocenters. The fourth-order valence-electron chi connectivity index (χ4n) is 1.48. The number of aromatic amines is 1. The monoisotopic (exact) mass is 189 g/mol. The molecule has 1 aromatic heterocycles. The molecule has 2 aromatic rings. The number of H-pyrrole nitrogens is 1. The largest absolute Gasteiger partial charge is 0.397 e. The van der Waals surface area contributed by atoms with Gasteiger partial charge < -0.3 is 16.0 Å². The molecule has 0 fully saturated rings. The maximum absolute atomic E-state index is 11.0. The van der Waals surface area contributed by atoms with Crippen molar-refractivity contribution in [3.8, 4) is 0 Å². The molecule has 0 atom stereocenters. The van der Waals surface area contributed by atoms with Gasteiger partial charge in [-0.05, 0) is 18.2 Å². The SMILES string of the molecule is CNc1ccc2[nH]c(=O)ccc2c1N. The Bertz CT molecular complexity index is 530. The van der Waals surface area contributed by atoms with E-state index >= 15 is 0 Å². The van der Waals surface area contributed by atoms with E-state index in [1.165, 1.54) is 6.07 Å². The van der Waals surface area contributed by atoms with Crippen LogP contribution in [-0.4, -0.2) is 12.0 Å². The number of hydrogen-bond donors (Lipinski definition) is 3. The molecule has 0 saturated carbocycles. The van der Waals surface area contributed by atoms with Gasteiger partial charge in [-0.1, -0.05) is 0 Å². The van der Waals surface area contributed by atoms with E-state index in [0.717, 1.165) is 16.6 Å². The lowest BCUT2D eigenvalue weighted by Crippen LogP contribution is -2.04. The predicted octanol–water partition coefficient (Wildman–Crippen LogP) is 1.15. The highest BCUT2D eigenvalue weighted by Gasteiger charge is 2.02. The van der Waals surface area contributed by atoms with Crippen molar-refractivity contribution in [1.82, 2.24) is 4.98 Å². The van der Waals surface area contributed by atoms with Gasteiger partial charge in [0, 0.05) is 18.5 Å². The van der Waals surface area contributed by atoms with Crippen LogP contribution in [0, 0.1) is 0 Å². The maximum atomic E-state index is 11.0. The normalized spacial score (nSPS) is 10.4. The van der Waals surface area contributed by atoms with Crippen LogP contribution in [0.4, 0.5) is 11.4 Å². The first-order chi connectivity index (χ1) is 6.72. The van der Waals surface area contributed by atoms with E-state index in [2.05, 4.69) is 10.3 Å². The zero-order valence-corrected chi connectivity index (χ0v) is 7.79. The Morgan fingerprint density at radius 1 is 1.29 bits per heavy atom. The third kappa shape index (κ3) is 1.21. The first-order valence-electron chi connectivity index (χ1n) is 4.31. The summed E-state index contributed by atoms with van der Waals surface area (Å²) in [5, 5.41) is 3.84. The third-order valence-electron chi connectivity index (χ3n) is 2.22. The van der Waals surface area contributed by atoms with E-state index in [4.69, 9.17) is 5.73 Å². The van der Waals surface area contributed by atoms with E-state index in [1.807, 2.05) is 19.2 Å². The number of hydrogen-bond acceptors (Lipinski definition) is 3. The predicted molar refractivity (Wildman–Crippen MR) is 58.5 cm³/mol. The quantitative estimate of drug-likeness (QED) is 0.589. The fourth-order valence-corrected chi connectivity index (χ4v) is 1.48. The van der Waals surface area contributed by atoms with Gasteiger partial charge in [-0.15, -0.1) is 0 Å². The molecule has 1 heterocycles. The Labute approximate surface area is 80.7 Å². The number of pyridine rings is 1. The molecule has 14 heavy (non-hydrogen) atoms. The summed E-state index contributed by atoms with van der Waals surface area (Å²) in [6.45, 7) is 0. The summed E-state index contributed by atoms with van der Waals surface area (Å²) in [5.41, 5.74) is 8.06. The number of nitrogens with one attached hydrogen (secondary N) is 2. The van der Waals surface area contributed by atoms with Gasteiger partial charge in [0.1, 0.15) is 0 Å². The number of benzene rings is 1. The average Bonchev–Trinajstić information content (AvgIpc) is 2.18. The molecule has 2 rings (SSSR count). The second-order valence-corrected chi connectivity index (χ2v) is 3.06. The fraction of sp³-hybridized carbons (Fsp3) is 0.100. The van der Waals surface area contributed by atoms with Crippen LogP contribution in [0.5, 0.6) is 0 Å². The average molecular weight is 189 g/mol. The Hall–Kier alpha value is -1.97.